The molecule has 6 rings (SSSR count). The van der Waals surface area contributed by atoms with Gasteiger partial charge in [-0.05, 0) is 18.2 Å². The van der Waals surface area contributed by atoms with Crippen molar-refractivity contribution in [3.8, 4) is 28.7 Å². The summed E-state index contributed by atoms with van der Waals surface area (Å²) in [5.41, 5.74) is 0.165. The summed E-state index contributed by atoms with van der Waals surface area (Å²) in [6, 6.07) is 5.87. The number of hydrogen-bond acceptors (Lipinski definition) is 19. The molecule has 272 valence electrons. The molecule has 10 N–H and O–H groups in total. The Hall–Kier alpha value is -4.44. The molecule has 19 heteroatoms. The number of phenolic OH excluding ortho intramolecular Hbond substituents is 3. The number of aromatic hydroxyl groups is 3. The highest BCUT2D eigenvalue weighted by molar-refractivity contribution is 5.81. The maximum absolute atomic E-state index is 12.4. The summed E-state index contributed by atoms with van der Waals surface area (Å²) in [6.07, 6.45) is -21.0. The van der Waals surface area contributed by atoms with Gasteiger partial charge in [0.05, 0.1) is 12.0 Å². The third-order valence-electron chi connectivity index (χ3n) is 8.44. The van der Waals surface area contributed by atoms with E-state index >= 15 is 0 Å². The number of rotatable bonds is 1. The number of carbonyl (C=O) groups excluding carboxylic acids is 2. The molecule has 0 radical (unpaired) electrons. The maximum atomic E-state index is 12.4. The van der Waals surface area contributed by atoms with E-state index in [4.69, 9.17) is 33.2 Å². The van der Waals surface area contributed by atoms with Crippen LogP contribution in [0, 0.1) is 0 Å². The largest absolute Gasteiger partial charge is 0.508 e. The van der Waals surface area contributed by atoms with Crippen molar-refractivity contribution in [3.05, 3.63) is 47.2 Å². The Morgan fingerprint density at radius 3 is 1.82 bits per heavy atom. The van der Waals surface area contributed by atoms with E-state index in [-0.39, 0.29) is 28.4 Å². The first kappa shape index (κ1) is 35.4. The maximum Gasteiger partial charge on any atom is 0.335 e. The van der Waals surface area contributed by atoms with Gasteiger partial charge in [-0.3, -0.25) is 4.79 Å². The number of aliphatic hydroxyl groups excluding tert-OH is 7. The fourth-order valence-electron chi connectivity index (χ4n) is 5.66. The minimum atomic E-state index is -2.08. The zero-order valence-corrected chi connectivity index (χ0v) is 25.7. The summed E-state index contributed by atoms with van der Waals surface area (Å²) in [5.74, 6) is -4.50. The van der Waals surface area contributed by atoms with Crippen LogP contribution in [0.3, 0.4) is 0 Å². The van der Waals surface area contributed by atoms with Crippen molar-refractivity contribution >= 4 is 18.0 Å². The fourth-order valence-corrected chi connectivity index (χ4v) is 5.66. The zero-order chi connectivity index (χ0) is 36.0. The van der Waals surface area contributed by atoms with Crippen molar-refractivity contribution in [2.75, 3.05) is 13.2 Å². The standard InChI is InChI=1S/C31H34O19/c32-11-4-16-12-6-18(28(46-16)10-1-2-13(33)14(34)3-10)48-31-27(42)24(39)22(37)19(49-31)8-44-21(36)7-15(35)29(43)45-9-20-23(38)25(40)26(41)30(50-20)47-17(12)5-11/h1-6,15,19-20,22-28,30-35,37-42H,7-9H2/t15-,19+,20+,22+,23+,24-,25-,26+,27+,28?,30+,31+/m0/s1. The smallest absolute Gasteiger partial charge is 0.335 e. The number of hydrogen-bond donors (Lipinski definition) is 10. The summed E-state index contributed by atoms with van der Waals surface area (Å²) in [4.78, 5) is 24.9. The summed E-state index contributed by atoms with van der Waals surface area (Å²) in [5, 5.41) is 105. The van der Waals surface area contributed by atoms with Crippen molar-refractivity contribution in [3.63, 3.8) is 0 Å². The van der Waals surface area contributed by atoms with Crippen LogP contribution in [-0.2, 0) is 33.3 Å². The molecule has 0 saturated carbocycles. The lowest BCUT2D eigenvalue weighted by molar-refractivity contribution is -0.294. The first-order valence-electron chi connectivity index (χ1n) is 15.2. The van der Waals surface area contributed by atoms with E-state index in [0.29, 0.717) is 0 Å². The topological polar surface area (TPSA) is 301 Å². The SMILES string of the molecule is O=C1C[C@H](O)C(=O)OC[C@H]2O[C@@H](Oc3cc(O)cc4c3C=C(O[C@@H]3O[C@H](CO1)[C@@H](O)[C@H](O)[C@H]3O)C(c1ccc(O)c(O)c1)O4)[C@H](O)[C@@H](O)[C@@H]2O. The molecule has 2 aromatic carbocycles. The van der Waals surface area contributed by atoms with Crippen LogP contribution in [0.4, 0.5) is 0 Å². The molecule has 0 aromatic heterocycles. The second kappa shape index (κ2) is 14.1. The molecule has 12 atom stereocenters. The Kier molecular flexibility index (Phi) is 9.95. The van der Waals surface area contributed by atoms with Crippen LogP contribution < -0.4 is 9.47 Å². The Labute approximate surface area is 281 Å². The summed E-state index contributed by atoms with van der Waals surface area (Å²) in [7, 11) is 0. The molecule has 6 bridgehead atoms. The van der Waals surface area contributed by atoms with Crippen molar-refractivity contribution < 1.29 is 93.8 Å². The summed E-state index contributed by atoms with van der Waals surface area (Å²) >= 11 is 0. The molecule has 4 aliphatic rings. The van der Waals surface area contributed by atoms with E-state index in [2.05, 4.69) is 0 Å². The third kappa shape index (κ3) is 6.95. The second-order valence-electron chi connectivity index (χ2n) is 11.9. The Bertz CT molecular complexity index is 1630. The van der Waals surface area contributed by atoms with Crippen molar-refractivity contribution in [1.82, 2.24) is 0 Å². The predicted molar refractivity (Wildman–Crippen MR) is 157 cm³/mol. The molecule has 4 aliphatic heterocycles. The normalized spacial score (nSPS) is 36.3. The highest BCUT2D eigenvalue weighted by atomic mass is 16.7. The lowest BCUT2D eigenvalue weighted by Crippen LogP contribution is -2.60. The van der Waals surface area contributed by atoms with Crippen molar-refractivity contribution in [1.29, 1.82) is 0 Å². The number of esters is 2. The van der Waals surface area contributed by atoms with Gasteiger partial charge in [0.1, 0.15) is 85.1 Å². The molecular weight excluding hydrogens is 676 g/mol. The van der Waals surface area contributed by atoms with Crippen LogP contribution in [-0.4, -0.2) is 144 Å². The van der Waals surface area contributed by atoms with Crippen LogP contribution in [0.25, 0.3) is 6.08 Å². The fraction of sp³-hybridized carbons (Fsp3) is 0.484. The number of fused-ring (bicyclic) bond motifs is 4. The van der Waals surface area contributed by atoms with E-state index in [0.717, 1.165) is 18.2 Å². The van der Waals surface area contributed by atoms with Gasteiger partial charge < -0.3 is 84.2 Å². The van der Waals surface area contributed by atoms with Gasteiger partial charge in [-0.1, -0.05) is 6.07 Å². The average molecular weight is 711 g/mol. The van der Waals surface area contributed by atoms with E-state index < -0.39 is 122 Å². The number of ether oxygens (including phenoxy) is 7. The first-order chi connectivity index (χ1) is 23.7. The van der Waals surface area contributed by atoms with E-state index in [1.807, 2.05) is 0 Å². The van der Waals surface area contributed by atoms with Crippen molar-refractivity contribution in [2.45, 2.75) is 80.0 Å². The van der Waals surface area contributed by atoms with Crippen LogP contribution in [0.15, 0.2) is 36.1 Å². The number of benzene rings is 2. The van der Waals surface area contributed by atoms with Crippen molar-refractivity contribution in [2.24, 2.45) is 0 Å². The van der Waals surface area contributed by atoms with Gasteiger partial charge in [0.15, 0.2) is 23.7 Å². The van der Waals surface area contributed by atoms with Gasteiger partial charge in [-0.15, -0.1) is 0 Å². The molecule has 4 heterocycles. The number of aliphatic hydroxyl groups is 7. The molecule has 0 amide bonds. The van der Waals surface area contributed by atoms with Gasteiger partial charge in [-0.2, -0.15) is 0 Å². The summed E-state index contributed by atoms with van der Waals surface area (Å²) in [6.45, 7) is -1.54. The molecule has 0 spiro atoms. The lowest BCUT2D eigenvalue weighted by atomic mass is 9.98. The van der Waals surface area contributed by atoms with Crippen LogP contribution in [0.2, 0.25) is 0 Å². The van der Waals surface area contributed by atoms with Crippen LogP contribution >= 0.6 is 0 Å². The van der Waals surface area contributed by atoms with E-state index in [1.165, 1.54) is 18.2 Å². The highest BCUT2D eigenvalue weighted by Crippen LogP contribution is 2.46. The Morgan fingerprint density at radius 1 is 0.620 bits per heavy atom. The lowest BCUT2D eigenvalue weighted by Gasteiger charge is -2.41. The van der Waals surface area contributed by atoms with Gasteiger partial charge in [0.2, 0.25) is 12.6 Å². The average Bonchev–Trinajstić information content (AvgIpc) is 3.08. The minimum absolute atomic E-state index is 0.00493. The van der Waals surface area contributed by atoms with E-state index in [9.17, 15) is 60.7 Å². The highest BCUT2D eigenvalue weighted by Gasteiger charge is 2.48. The Balaban J connectivity index is 1.43. The monoisotopic (exact) mass is 710 g/mol. The first-order valence-corrected chi connectivity index (χ1v) is 15.2. The van der Waals surface area contributed by atoms with Crippen LogP contribution in [0.1, 0.15) is 23.7 Å². The zero-order valence-electron chi connectivity index (χ0n) is 25.7. The van der Waals surface area contributed by atoms with Gasteiger partial charge >= 0.3 is 11.9 Å². The third-order valence-corrected chi connectivity index (χ3v) is 8.44. The summed E-state index contributed by atoms with van der Waals surface area (Å²) < 4.78 is 39.2. The minimum Gasteiger partial charge on any atom is -0.508 e. The molecule has 19 nitrogen and oxygen atoms in total. The molecule has 2 aromatic rings. The quantitative estimate of drug-likeness (QED) is 0.105. The predicted octanol–water partition coefficient (Wildman–Crippen LogP) is -2.86. The molecule has 2 fully saturated rings. The number of carbonyl (C=O) groups is 2. The molecule has 2 saturated heterocycles. The second-order valence-corrected chi connectivity index (χ2v) is 11.9. The number of cyclic esters (lactones) is 2. The molecule has 1 unspecified atom stereocenters. The molecular formula is C31H34O19. The van der Waals surface area contributed by atoms with Gasteiger partial charge in [-0.25, -0.2) is 4.79 Å². The van der Waals surface area contributed by atoms with Gasteiger partial charge in [0, 0.05) is 17.7 Å². The van der Waals surface area contributed by atoms with E-state index in [1.54, 1.807) is 0 Å². The Morgan fingerprint density at radius 2 is 1.20 bits per heavy atom. The molecule has 0 aliphatic carbocycles. The van der Waals surface area contributed by atoms with Crippen LogP contribution in [0.5, 0.6) is 28.7 Å². The number of phenols is 3. The van der Waals surface area contributed by atoms with Gasteiger partial charge in [0.25, 0.3) is 0 Å². The molecule has 50 heavy (non-hydrogen) atoms.